The van der Waals surface area contributed by atoms with E-state index < -0.39 is 0 Å². The molecule has 0 atom stereocenters. The van der Waals surface area contributed by atoms with Crippen LogP contribution in [0.2, 0.25) is 0 Å². The minimum atomic E-state index is -0.0773. The molecular weight excluding hydrogens is 392 g/mol. The second kappa shape index (κ2) is 8.76. The average molecular weight is 417 g/mol. The van der Waals surface area contributed by atoms with Crippen molar-refractivity contribution in [2.45, 2.75) is 30.7 Å². The van der Waals surface area contributed by atoms with Gasteiger partial charge in [-0.2, -0.15) is 0 Å². The number of methoxy groups -OCH3 is 1. The summed E-state index contributed by atoms with van der Waals surface area (Å²) in [5.41, 5.74) is 3.89. The first-order valence-corrected chi connectivity index (χ1v) is 10.9. The van der Waals surface area contributed by atoms with Gasteiger partial charge in [0, 0.05) is 11.8 Å². The summed E-state index contributed by atoms with van der Waals surface area (Å²) in [4.78, 5) is 18.2. The first-order chi connectivity index (χ1) is 14.6. The molecule has 0 aliphatic rings. The van der Waals surface area contributed by atoms with Gasteiger partial charge in [-0.1, -0.05) is 68.1 Å². The highest BCUT2D eigenvalue weighted by atomic mass is 32.2. The number of hydrogen-bond donors (Lipinski definition) is 0. The summed E-state index contributed by atoms with van der Waals surface area (Å²) in [6.07, 6.45) is 0. The summed E-state index contributed by atoms with van der Waals surface area (Å²) < 4.78 is 7.04. The van der Waals surface area contributed by atoms with Crippen LogP contribution in [0, 0.1) is 0 Å². The summed E-state index contributed by atoms with van der Waals surface area (Å²) in [5.74, 6) is 1.94. The van der Waals surface area contributed by atoms with Gasteiger partial charge in [-0.15, -0.1) is 0 Å². The standard InChI is InChI=1S/C25H24N2O2S/c1-17(2)19-13-11-18(12-14-19)16-30-25-26-23-10-5-4-9-22(23)24(28)27(25)20-7-6-8-21(15-20)29-3/h4-15,17H,16H2,1-3H3. The van der Waals surface area contributed by atoms with Gasteiger partial charge in [-0.05, 0) is 41.3 Å². The van der Waals surface area contributed by atoms with Gasteiger partial charge in [0.15, 0.2) is 5.16 Å². The minimum Gasteiger partial charge on any atom is -0.497 e. The van der Waals surface area contributed by atoms with Crippen molar-refractivity contribution in [1.82, 2.24) is 9.55 Å². The monoisotopic (exact) mass is 416 g/mol. The Labute approximate surface area is 180 Å². The summed E-state index contributed by atoms with van der Waals surface area (Å²) in [6, 6.07) is 23.6. The lowest BCUT2D eigenvalue weighted by molar-refractivity contribution is 0.414. The molecule has 152 valence electrons. The maximum Gasteiger partial charge on any atom is 0.266 e. The van der Waals surface area contributed by atoms with E-state index in [1.165, 1.54) is 11.1 Å². The van der Waals surface area contributed by atoms with Crippen LogP contribution in [0.5, 0.6) is 5.75 Å². The van der Waals surface area contributed by atoms with E-state index in [1.807, 2.05) is 48.5 Å². The van der Waals surface area contributed by atoms with Gasteiger partial charge in [-0.3, -0.25) is 9.36 Å². The topological polar surface area (TPSA) is 44.1 Å². The number of ether oxygens (including phenoxy) is 1. The molecular formula is C25H24N2O2S. The van der Waals surface area contributed by atoms with Crippen molar-refractivity contribution in [3.63, 3.8) is 0 Å². The normalized spacial score (nSPS) is 11.2. The molecule has 0 amide bonds. The lowest BCUT2D eigenvalue weighted by Crippen LogP contribution is -2.21. The second-order valence-corrected chi connectivity index (χ2v) is 8.38. The molecule has 0 bridgehead atoms. The van der Waals surface area contributed by atoms with Crippen LogP contribution in [0.1, 0.15) is 30.9 Å². The number of benzene rings is 3. The number of para-hydroxylation sites is 1. The molecule has 30 heavy (non-hydrogen) atoms. The van der Waals surface area contributed by atoms with Crippen LogP contribution in [-0.2, 0) is 5.75 Å². The van der Waals surface area contributed by atoms with Crippen LogP contribution in [0.15, 0.2) is 82.7 Å². The number of aromatic nitrogens is 2. The van der Waals surface area contributed by atoms with Crippen LogP contribution >= 0.6 is 11.8 Å². The van der Waals surface area contributed by atoms with Crippen LogP contribution in [0.25, 0.3) is 16.6 Å². The first kappa shape index (κ1) is 20.2. The van der Waals surface area contributed by atoms with Crippen molar-refractivity contribution in [2.75, 3.05) is 7.11 Å². The van der Waals surface area contributed by atoms with E-state index >= 15 is 0 Å². The maximum atomic E-state index is 13.3. The fraction of sp³-hybridized carbons (Fsp3) is 0.200. The van der Waals surface area contributed by atoms with Gasteiger partial charge in [0.25, 0.3) is 5.56 Å². The summed E-state index contributed by atoms with van der Waals surface area (Å²) in [5, 5.41) is 1.27. The Morgan fingerprint density at radius 1 is 1.00 bits per heavy atom. The number of fused-ring (bicyclic) bond motifs is 1. The minimum absolute atomic E-state index is 0.0773. The highest BCUT2D eigenvalue weighted by molar-refractivity contribution is 7.98. The number of rotatable bonds is 6. The molecule has 3 aromatic carbocycles. The fourth-order valence-electron chi connectivity index (χ4n) is 3.33. The lowest BCUT2D eigenvalue weighted by Gasteiger charge is -2.14. The van der Waals surface area contributed by atoms with Crippen molar-refractivity contribution >= 4 is 22.7 Å². The maximum absolute atomic E-state index is 13.3. The Hall–Kier alpha value is -3.05. The fourth-order valence-corrected chi connectivity index (χ4v) is 4.30. The molecule has 5 heteroatoms. The highest BCUT2D eigenvalue weighted by Crippen LogP contribution is 2.26. The van der Waals surface area contributed by atoms with Gasteiger partial charge in [0.1, 0.15) is 5.75 Å². The zero-order valence-corrected chi connectivity index (χ0v) is 18.1. The molecule has 1 heterocycles. The Balaban J connectivity index is 1.76. The number of nitrogens with zero attached hydrogens (tertiary/aromatic N) is 2. The molecule has 0 aliphatic heterocycles. The number of thioether (sulfide) groups is 1. The molecule has 0 spiro atoms. The molecule has 0 fully saturated rings. The van der Waals surface area contributed by atoms with Gasteiger partial charge in [-0.25, -0.2) is 4.98 Å². The van der Waals surface area contributed by atoms with E-state index in [1.54, 1.807) is 23.4 Å². The molecule has 0 N–H and O–H groups in total. The largest absolute Gasteiger partial charge is 0.497 e. The predicted octanol–water partition coefficient (Wildman–Crippen LogP) is 5.81. The first-order valence-electron chi connectivity index (χ1n) is 9.94. The molecule has 0 unspecified atom stereocenters. The Morgan fingerprint density at radius 2 is 1.77 bits per heavy atom. The molecule has 4 nitrogen and oxygen atoms in total. The van der Waals surface area contributed by atoms with E-state index in [4.69, 9.17) is 9.72 Å². The third-order valence-corrected chi connectivity index (χ3v) is 6.08. The Bertz CT molecular complexity index is 1230. The quantitative estimate of drug-likeness (QED) is 0.294. The Morgan fingerprint density at radius 3 is 2.50 bits per heavy atom. The van der Waals surface area contributed by atoms with E-state index in [9.17, 15) is 4.79 Å². The number of hydrogen-bond acceptors (Lipinski definition) is 4. The van der Waals surface area contributed by atoms with Gasteiger partial charge in [0.05, 0.1) is 23.7 Å². The van der Waals surface area contributed by atoms with E-state index in [0.29, 0.717) is 27.7 Å². The van der Waals surface area contributed by atoms with Crippen molar-refractivity contribution in [3.8, 4) is 11.4 Å². The predicted molar refractivity (Wildman–Crippen MR) is 124 cm³/mol. The zero-order valence-electron chi connectivity index (χ0n) is 17.3. The average Bonchev–Trinajstić information content (AvgIpc) is 2.78. The third-order valence-electron chi connectivity index (χ3n) is 5.07. The van der Waals surface area contributed by atoms with Gasteiger partial charge < -0.3 is 4.74 Å². The molecule has 4 rings (SSSR count). The van der Waals surface area contributed by atoms with Crippen molar-refractivity contribution in [2.24, 2.45) is 0 Å². The molecule has 0 saturated heterocycles. The molecule has 1 aromatic heterocycles. The van der Waals surface area contributed by atoms with Crippen LogP contribution in [0.4, 0.5) is 0 Å². The zero-order chi connectivity index (χ0) is 21.1. The molecule has 0 aliphatic carbocycles. The van der Waals surface area contributed by atoms with Crippen LogP contribution in [-0.4, -0.2) is 16.7 Å². The summed E-state index contributed by atoms with van der Waals surface area (Å²) >= 11 is 1.56. The second-order valence-electron chi connectivity index (χ2n) is 7.44. The lowest BCUT2D eigenvalue weighted by atomic mass is 10.0. The third kappa shape index (κ3) is 4.12. The molecule has 0 radical (unpaired) electrons. The van der Waals surface area contributed by atoms with E-state index in [-0.39, 0.29) is 5.56 Å². The molecule has 4 aromatic rings. The van der Waals surface area contributed by atoms with Crippen molar-refractivity contribution in [3.05, 3.63) is 94.3 Å². The van der Waals surface area contributed by atoms with Gasteiger partial charge >= 0.3 is 0 Å². The van der Waals surface area contributed by atoms with E-state index in [2.05, 4.69) is 38.1 Å². The van der Waals surface area contributed by atoms with E-state index in [0.717, 1.165) is 11.4 Å². The SMILES string of the molecule is COc1cccc(-n2c(SCc3ccc(C(C)C)cc3)nc3ccccc3c2=O)c1. The van der Waals surface area contributed by atoms with Crippen molar-refractivity contribution < 1.29 is 4.74 Å². The van der Waals surface area contributed by atoms with Crippen molar-refractivity contribution in [1.29, 1.82) is 0 Å². The van der Waals surface area contributed by atoms with Gasteiger partial charge in [0.2, 0.25) is 0 Å². The van der Waals surface area contributed by atoms with Crippen LogP contribution < -0.4 is 10.3 Å². The summed E-state index contributed by atoms with van der Waals surface area (Å²) in [7, 11) is 1.62. The highest BCUT2D eigenvalue weighted by Gasteiger charge is 2.14. The van der Waals surface area contributed by atoms with Crippen LogP contribution in [0.3, 0.4) is 0 Å². The smallest absolute Gasteiger partial charge is 0.266 e. The summed E-state index contributed by atoms with van der Waals surface area (Å²) in [6.45, 7) is 4.38. The Kier molecular flexibility index (Phi) is 5.91. The molecule has 0 saturated carbocycles.